The van der Waals surface area contributed by atoms with Crippen LogP contribution in [0.4, 0.5) is 23.2 Å². The van der Waals surface area contributed by atoms with E-state index in [4.69, 9.17) is 10.5 Å². The van der Waals surface area contributed by atoms with Gasteiger partial charge in [-0.25, -0.2) is 4.39 Å². The van der Waals surface area contributed by atoms with E-state index in [0.29, 0.717) is 4.47 Å². The van der Waals surface area contributed by atoms with E-state index in [-0.39, 0.29) is 11.4 Å². The van der Waals surface area contributed by atoms with E-state index in [9.17, 15) is 17.6 Å². The van der Waals surface area contributed by atoms with E-state index in [1.54, 1.807) is 0 Å². The molecule has 2 aromatic rings. The Morgan fingerprint density at radius 3 is 2.30 bits per heavy atom. The minimum Gasteiger partial charge on any atom is -0.454 e. The monoisotopic (exact) mass is 349 g/mol. The number of alkyl halides is 3. The number of halogens is 5. The summed E-state index contributed by atoms with van der Waals surface area (Å²) in [7, 11) is 0. The molecule has 0 amide bonds. The van der Waals surface area contributed by atoms with Gasteiger partial charge in [0.15, 0.2) is 11.6 Å². The molecule has 2 N–H and O–H groups in total. The van der Waals surface area contributed by atoms with Crippen molar-refractivity contribution < 1.29 is 22.3 Å². The molecule has 2 rings (SSSR count). The van der Waals surface area contributed by atoms with E-state index >= 15 is 0 Å². The van der Waals surface area contributed by atoms with Crippen LogP contribution in [-0.2, 0) is 6.18 Å². The Hall–Kier alpha value is -1.76. The molecule has 0 spiro atoms. The van der Waals surface area contributed by atoms with Gasteiger partial charge >= 0.3 is 6.18 Å². The van der Waals surface area contributed by atoms with Crippen LogP contribution in [0, 0.1) is 5.82 Å². The van der Waals surface area contributed by atoms with Gasteiger partial charge in [0, 0.05) is 16.2 Å². The highest BCUT2D eigenvalue weighted by molar-refractivity contribution is 9.10. The Labute approximate surface area is 120 Å². The summed E-state index contributed by atoms with van der Waals surface area (Å²) in [6.07, 6.45) is -4.60. The van der Waals surface area contributed by atoms with Crippen molar-refractivity contribution in [1.82, 2.24) is 0 Å². The topological polar surface area (TPSA) is 35.2 Å². The summed E-state index contributed by atoms with van der Waals surface area (Å²) >= 11 is 3.05. The second-order valence-electron chi connectivity index (χ2n) is 3.93. The van der Waals surface area contributed by atoms with Gasteiger partial charge in [-0.3, -0.25) is 0 Å². The molecule has 106 valence electrons. The number of anilines is 1. The third-order valence-electron chi connectivity index (χ3n) is 2.42. The fourth-order valence-electron chi connectivity index (χ4n) is 1.53. The maximum atomic E-state index is 13.6. The number of hydrogen-bond donors (Lipinski definition) is 1. The van der Waals surface area contributed by atoms with Gasteiger partial charge in [0.05, 0.1) is 5.56 Å². The molecule has 0 aliphatic carbocycles. The molecule has 2 aromatic carbocycles. The quantitative estimate of drug-likeness (QED) is 0.612. The Morgan fingerprint density at radius 2 is 1.70 bits per heavy atom. The number of benzene rings is 2. The molecule has 0 aromatic heterocycles. The van der Waals surface area contributed by atoms with Gasteiger partial charge in [-0.15, -0.1) is 0 Å². The highest BCUT2D eigenvalue weighted by atomic mass is 79.9. The number of nitrogens with two attached hydrogens (primary N) is 1. The molecule has 0 bridgehead atoms. The van der Waals surface area contributed by atoms with Crippen molar-refractivity contribution >= 4 is 21.6 Å². The number of nitrogen functional groups attached to an aromatic ring is 1. The first-order chi connectivity index (χ1) is 9.27. The van der Waals surface area contributed by atoms with Crippen molar-refractivity contribution in [1.29, 1.82) is 0 Å². The first-order valence-electron chi connectivity index (χ1n) is 5.37. The van der Waals surface area contributed by atoms with Gasteiger partial charge < -0.3 is 10.5 Å². The fourth-order valence-corrected chi connectivity index (χ4v) is 1.87. The molecular weight excluding hydrogens is 342 g/mol. The van der Waals surface area contributed by atoms with Gasteiger partial charge in [0.1, 0.15) is 5.75 Å². The maximum absolute atomic E-state index is 13.6. The predicted octanol–water partition coefficient (Wildman–Crippen LogP) is 4.98. The average Bonchev–Trinajstić information content (AvgIpc) is 2.31. The van der Waals surface area contributed by atoms with Crippen LogP contribution in [0.2, 0.25) is 0 Å². The summed E-state index contributed by atoms with van der Waals surface area (Å²) in [5.41, 5.74) is 4.53. The van der Waals surface area contributed by atoms with Crippen LogP contribution in [0.15, 0.2) is 40.9 Å². The van der Waals surface area contributed by atoms with Gasteiger partial charge in [-0.05, 0) is 30.3 Å². The van der Waals surface area contributed by atoms with Crippen LogP contribution in [0.5, 0.6) is 11.5 Å². The zero-order valence-corrected chi connectivity index (χ0v) is 11.4. The summed E-state index contributed by atoms with van der Waals surface area (Å²) in [5.74, 6) is -1.66. The highest BCUT2D eigenvalue weighted by Gasteiger charge is 2.34. The molecule has 0 saturated heterocycles. The molecule has 0 heterocycles. The average molecular weight is 350 g/mol. The van der Waals surface area contributed by atoms with Gasteiger partial charge in [0.2, 0.25) is 0 Å². The van der Waals surface area contributed by atoms with E-state index in [0.717, 1.165) is 18.2 Å². The fraction of sp³-hybridized carbons (Fsp3) is 0.0769. The molecule has 0 saturated carbocycles. The Balaban J connectivity index is 2.45. The SMILES string of the molecule is Nc1ccc(Oc2cc(Br)ccc2C(F)(F)F)c(F)c1. The molecular formula is C13H8BrF4NO. The zero-order chi connectivity index (χ0) is 14.9. The van der Waals surface area contributed by atoms with Crippen molar-refractivity contribution in [2.24, 2.45) is 0 Å². The second kappa shape index (κ2) is 5.32. The second-order valence-corrected chi connectivity index (χ2v) is 4.85. The van der Waals surface area contributed by atoms with Crippen LogP contribution in [0.3, 0.4) is 0 Å². The largest absolute Gasteiger partial charge is 0.454 e. The number of hydrogen-bond acceptors (Lipinski definition) is 2. The molecule has 20 heavy (non-hydrogen) atoms. The van der Waals surface area contributed by atoms with Crippen LogP contribution in [-0.4, -0.2) is 0 Å². The van der Waals surface area contributed by atoms with Crippen LogP contribution >= 0.6 is 15.9 Å². The molecule has 2 nitrogen and oxygen atoms in total. The van der Waals surface area contributed by atoms with Crippen molar-refractivity contribution in [3.05, 3.63) is 52.3 Å². The van der Waals surface area contributed by atoms with E-state index < -0.39 is 23.3 Å². The maximum Gasteiger partial charge on any atom is 0.419 e. The summed E-state index contributed by atoms with van der Waals surface area (Å²) in [5, 5.41) is 0. The minimum absolute atomic E-state index is 0.153. The smallest absolute Gasteiger partial charge is 0.419 e. The molecule has 0 radical (unpaired) electrons. The standard InChI is InChI=1S/C13H8BrF4NO/c14-7-1-3-9(13(16,17)18)12(5-7)20-11-4-2-8(19)6-10(11)15/h1-6H,19H2. The zero-order valence-electron chi connectivity index (χ0n) is 9.84. The first-order valence-corrected chi connectivity index (χ1v) is 6.16. The van der Waals surface area contributed by atoms with Gasteiger partial charge in [-0.1, -0.05) is 15.9 Å². The summed E-state index contributed by atoms with van der Waals surface area (Å²) < 4.78 is 57.5. The Morgan fingerprint density at radius 1 is 1.00 bits per heavy atom. The van der Waals surface area contributed by atoms with Gasteiger partial charge in [0.25, 0.3) is 0 Å². The lowest BCUT2D eigenvalue weighted by Crippen LogP contribution is -2.07. The molecule has 0 aliphatic rings. The normalized spacial score (nSPS) is 11.4. The van der Waals surface area contributed by atoms with Crippen LogP contribution in [0.1, 0.15) is 5.56 Å². The lowest BCUT2D eigenvalue weighted by molar-refractivity contribution is -0.138. The lowest BCUT2D eigenvalue weighted by Gasteiger charge is -2.14. The number of ether oxygens (including phenoxy) is 1. The first kappa shape index (κ1) is 14.6. The van der Waals surface area contributed by atoms with Crippen LogP contribution in [0.25, 0.3) is 0 Å². The molecule has 0 aliphatic heterocycles. The molecule has 0 unspecified atom stereocenters. The Bertz CT molecular complexity index is 643. The van der Waals surface area contributed by atoms with Crippen molar-refractivity contribution in [2.45, 2.75) is 6.18 Å². The van der Waals surface area contributed by atoms with E-state index in [2.05, 4.69) is 15.9 Å². The third-order valence-corrected chi connectivity index (χ3v) is 2.92. The Kier molecular flexibility index (Phi) is 3.89. The van der Waals surface area contributed by atoms with Crippen molar-refractivity contribution in [2.75, 3.05) is 5.73 Å². The van der Waals surface area contributed by atoms with E-state index in [1.165, 1.54) is 18.2 Å². The summed E-state index contributed by atoms with van der Waals surface area (Å²) in [6.45, 7) is 0. The van der Waals surface area contributed by atoms with Crippen molar-refractivity contribution in [3.8, 4) is 11.5 Å². The predicted molar refractivity (Wildman–Crippen MR) is 70.0 cm³/mol. The van der Waals surface area contributed by atoms with Crippen molar-refractivity contribution in [3.63, 3.8) is 0 Å². The van der Waals surface area contributed by atoms with Gasteiger partial charge in [-0.2, -0.15) is 13.2 Å². The molecule has 7 heteroatoms. The molecule has 0 atom stereocenters. The lowest BCUT2D eigenvalue weighted by atomic mass is 10.2. The minimum atomic E-state index is -4.60. The third kappa shape index (κ3) is 3.22. The van der Waals surface area contributed by atoms with E-state index in [1.807, 2.05) is 0 Å². The highest BCUT2D eigenvalue weighted by Crippen LogP contribution is 2.40. The van der Waals surface area contributed by atoms with Crippen LogP contribution < -0.4 is 10.5 Å². The number of rotatable bonds is 2. The molecule has 0 fully saturated rings. The summed E-state index contributed by atoms with van der Waals surface area (Å²) in [4.78, 5) is 0. The summed E-state index contributed by atoms with van der Waals surface area (Å²) in [6, 6.07) is 6.69.